The van der Waals surface area contributed by atoms with Gasteiger partial charge in [-0.3, -0.25) is 0 Å². The molecule has 0 aliphatic carbocycles. The third-order valence-corrected chi connectivity index (χ3v) is 3.46. The minimum Gasteiger partial charge on any atom is -0.441 e. The van der Waals surface area contributed by atoms with Crippen molar-refractivity contribution in [1.29, 1.82) is 0 Å². The number of halogens is 1. The van der Waals surface area contributed by atoms with Crippen LogP contribution in [0.4, 0.5) is 0 Å². The van der Waals surface area contributed by atoms with Crippen LogP contribution < -0.4 is 5.32 Å². The SMILES string of the molecule is C[C@@]1(c2cc3cc(Cl)cnc3o2)CCCN1. The van der Waals surface area contributed by atoms with Gasteiger partial charge in [0.15, 0.2) is 0 Å². The van der Waals surface area contributed by atoms with Gasteiger partial charge in [0, 0.05) is 11.6 Å². The second-order valence-corrected chi connectivity index (χ2v) is 4.96. The molecule has 0 bridgehead atoms. The van der Waals surface area contributed by atoms with Gasteiger partial charge in [-0.15, -0.1) is 0 Å². The molecule has 4 heteroatoms. The van der Waals surface area contributed by atoms with Crippen LogP contribution in [0.3, 0.4) is 0 Å². The quantitative estimate of drug-likeness (QED) is 0.827. The van der Waals surface area contributed by atoms with Crippen LogP contribution in [-0.4, -0.2) is 11.5 Å². The molecule has 1 saturated heterocycles. The van der Waals surface area contributed by atoms with Gasteiger partial charge in [-0.05, 0) is 38.4 Å². The zero-order valence-corrected chi connectivity index (χ0v) is 9.84. The molecule has 0 aromatic carbocycles. The van der Waals surface area contributed by atoms with Crippen molar-refractivity contribution in [2.24, 2.45) is 0 Å². The van der Waals surface area contributed by atoms with E-state index >= 15 is 0 Å². The summed E-state index contributed by atoms with van der Waals surface area (Å²) in [6, 6.07) is 3.92. The van der Waals surface area contributed by atoms with Crippen molar-refractivity contribution >= 4 is 22.7 Å². The summed E-state index contributed by atoms with van der Waals surface area (Å²) in [6.07, 6.45) is 3.89. The largest absolute Gasteiger partial charge is 0.441 e. The molecule has 1 aliphatic rings. The van der Waals surface area contributed by atoms with Gasteiger partial charge in [-0.2, -0.15) is 0 Å². The first kappa shape index (κ1) is 10.1. The molecule has 2 aromatic rings. The predicted molar refractivity (Wildman–Crippen MR) is 63.6 cm³/mol. The van der Waals surface area contributed by atoms with Crippen molar-refractivity contribution in [2.75, 3.05) is 6.54 Å². The normalized spacial score (nSPS) is 25.4. The van der Waals surface area contributed by atoms with Gasteiger partial charge in [0.1, 0.15) is 5.76 Å². The van der Waals surface area contributed by atoms with Crippen LogP contribution in [0.15, 0.2) is 22.7 Å². The van der Waals surface area contributed by atoms with Crippen LogP contribution in [0.2, 0.25) is 5.02 Å². The highest BCUT2D eigenvalue weighted by Crippen LogP contribution is 2.33. The molecule has 3 nitrogen and oxygen atoms in total. The minimum atomic E-state index is -0.0484. The highest BCUT2D eigenvalue weighted by atomic mass is 35.5. The Morgan fingerprint density at radius 2 is 2.38 bits per heavy atom. The Morgan fingerprint density at radius 1 is 1.50 bits per heavy atom. The average molecular weight is 237 g/mol. The fraction of sp³-hybridized carbons (Fsp3) is 0.417. The number of rotatable bonds is 1. The van der Waals surface area contributed by atoms with Gasteiger partial charge in [0.25, 0.3) is 0 Å². The molecular formula is C12H13ClN2O. The fourth-order valence-corrected chi connectivity index (χ4v) is 2.45. The zero-order valence-electron chi connectivity index (χ0n) is 9.09. The van der Waals surface area contributed by atoms with Crippen molar-refractivity contribution in [3.05, 3.63) is 29.1 Å². The van der Waals surface area contributed by atoms with E-state index in [1.807, 2.05) is 12.1 Å². The molecule has 0 amide bonds. The molecule has 0 unspecified atom stereocenters. The Morgan fingerprint density at radius 3 is 3.12 bits per heavy atom. The minimum absolute atomic E-state index is 0.0484. The molecule has 1 atom stereocenters. The second-order valence-electron chi connectivity index (χ2n) is 4.52. The van der Waals surface area contributed by atoms with Crippen LogP contribution >= 0.6 is 11.6 Å². The molecule has 1 N–H and O–H groups in total. The first-order valence-corrected chi connectivity index (χ1v) is 5.86. The summed E-state index contributed by atoms with van der Waals surface area (Å²) in [6.45, 7) is 3.21. The van der Waals surface area contributed by atoms with Crippen molar-refractivity contribution in [1.82, 2.24) is 10.3 Å². The van der Waals surface area contributed by atoms with Gasteiger partial charge in [-0.25, -0.2) is 4.98 Å². The Balaban J connectivity index is 2.11. The zero-order chi connectivity index (χ0) is 11.2. The molecule has 1 aliphatic heterocycles. The molecule has 16 heavy (non-hydrogen) atoms. The highest BCUT2D eigenvalue weighted by Gasteiger charge is 2.33. The van der Waals surface area contributed by atoms with E-state index < -0.39 is 0 Å². The summed E-state index contributed by atoms with van der Waals surface area (Å²) in [5.41, 5.74) is 0.613. The lowest BCUT2D eigenvalue weighted by Crippen LogP contribution is -2.32. The van der Waals surface area contributed by atoms with Gasteiger partial charge >= 0.3 is 0 Å². The lowest BCUT2D eigenvalue weighted by molar-refractivity contribution is 0.344. The lowest BCUT2D eigenvalue weighted by atomic mass is 9.97. The summed E-state index contributed by atoms with van der Waals surface area (Å²) >= 11 is 5.90. The molecule has 1 fully saturated rings. The number of hydrogen-bond acceptors (Lipinski definition) is 3. The monoisotopic (exact) mass is 236 g/mol. The van der Waals surface area contributed by atoms with Gasteiger partial charge < -0.3 is 9.73 Å². The highest BCUT2D eigenvalue weighted by molar-refractivity contribution is 6.31. The smallest absolute Gasteiger partial charge is 0.226 e. The van der Waals surface area contributed by atoms with E-state index in [2.05, 4.69) is 17.2 Å². The number of furan rings is 1. The molecule has 0 spiro atoms. The van der Waals surface area contributed by atoms with E-state index in [0.717, 1.165) is 24.1 Å². The van der Waals surface area contributed by atoms with Crippen molar-refractivity contribution < 1.29 is 4.42 Å². The van der Waals surface area contributed by atoms with Crippen LogP contribution in [0.25, 0.3) is 11.1 Å². The first-order valence-electron chi connectivity index (χ1n) is 5.48. The molecule has 3 rings (SSSR count). The van der Waals surface area contributed by atoms with Crippen molar-refractivity contribution in [3.8, 4) is 0 Å². The van der Waals surface area contributed by atoms with Gasteiger partial charge in [0.2, 0.25) is 5.71 Å². The summed E-state index contributed by atoms with van der Waals surface area (Å²) in [4.78, 5) is 4.18. The standard InChI is InChI=1S/C12H13ClN2O/c1-12(3-2-4-15-12)10-6-8-5-9(13)7-14-11(8)16-10/h5-7,15H,2-4H2,1H3/t12-/m0/s1. The maximum Gasteiger partial charge on any atom is 0.226 e. The summed E-state index contributed by atoms with van der Waals surface area (Å²) < 4.78 is 5.78. The van der Waals surface area contributed by atoms with E-state index in [-0.39, 0.29) is 5.54 Å². The number of hydrogen-bond donors (Lipinski definition) is 1. The Hall–Kier alpha value is -1.06. The van der Waals surface area contributed by atoms with Gasteiger partial charge in [0.05, 0.1) is 10.6 Å². The lowest BCUT2D eigenvalue weighted by Gasteiger charge is -2.20. The van der Waals surface area contributed by atoms with E-state index in [1.54, 1.807) is 6.20 Å². The molecule has 3 heterocycles. The Kier molecular flexibility index (Phi) is 2.19. The summed E-state index contributed by atoms with van der Waals surface area (Å²) in [5, 5.41) is 5.08. The van der Waals surface area contributed by atoms with Crippen molar-refractivity contribution in [2.45, 2.75) is 25.3 Å². The second kappa shape index (κ2) is 3.47. The maximum atomic E-state index is 5.90. The van der Waals surface area contributed by atoms with Crippen LogP contribution in [0.5, 0.6) is 0 Å². The number of fused-ring (bicyclic) bond motifs is 1. The molecule has 0 saturated carbocycles. The number of pyridine rings is 1. The molecule has 0 radical (unpaired) electrons. The average Bonchev–Trinajstić information content (AvgIpc) is 2.84. The van der Waals surface area contributed by atoms with E-state index in [9.17, 15) is 0 Å². The van der Waals surface area contributed by atoms with Crippen LogP contribution in [0, 0.1) is 0 Å². The molecule has 84 valence electrons. The van der Waals surface area contributed by atoms with E-state index in [0.29, 0.717) is 10.7 Å². The van der Waals surface area contributed by atoms with Crippen LogP contribution in [0.1, 0.15) is 25.5 Å². The summed E-state index contributed by atoms with van der Waals surface area (Å²) in [5.74, 6) is 0.953. The third kappa shape index (κ3) is 1.51. The van der Waals surface area contributed by atoms with Gasteiger partial charge in [-0.1, -0.05) is 11.6 Å². The van der Waals surface area contributed by atoms with E-state index in [4.69, 9.17) is 16.0 Å². The Bertz CT molecular complexity index is 529. The topological polar surface area (TPSA) is 38.1 Å². The van der Waals surface area contributed by atoms with Crippen LogP contribution in [-0.2, 0) is 5.54 Å². The third-order valence-electron chi connectivity index (χ3n) is 3.25. The van der Waals surface area contributed by atoms with E-state index in [1.165, 1.54) is 6.42 Å². The Labute approximate surface area is 98.8 Å². The predicted octanol–water partition coefficient (Wildman–Crippen LogP) is 3.08. The summed E-state index contributed by atoms with van der Waals surface area (Å²) in [7, 11) is 0. The van der Waals surface area contributed by atoms with Crippen molar-refractivity contribution in [3.63, 3.8) is 0 Å². The molecule has 2 aromatic heterocycles. The number of aromatic nitrogens is 1. The molecular weight excluding hydrogens is 224 g/mol. The number of nitrogens with one attached hydrogen (secondary N) is 1. The fourth-order valence-electron chi connectivity index (χ4n) is 2.28. The maximum absolute atomic E-state index is 5.90. The first-order chi connectivity index (χ1) is 7.67. The number of nitrogens with zero attached hydrogens (tertiary/aromatic N) is 1.